The highest BCUT2D eigenvalue weighted by Gasteiger charge is 2.24. The third-order valence-corrected chi connectivity index (χ3v) is 6.95. The SMILES string of the molecule is O=C(NCC(c1cccs1)N1CCCCCC1)c1cc(-c2ccc3c(c2)OCCO3)on1. The van der Waals surface area contributed by atoms with Gasteiger partial charge < -0.3 is 19.3 Å². The number of rotatable bonds is 6. The molecule has 5 rings (SSSR count). The Labute approximate surface area is 191 Å². The van der Waals surface area contributed by atoms with E-state index in [-0.39, 0.29) is 17.6 Å². The summed E-state index contributed by atoms with van der Waals surface area (Å²) in [5.74, 6) is 1.68. The average molecular weight is 454 g/mol. The van der Waals surface area contributed by atoms with Crippen molar-refractivity contribution in [3.8, 4) is 22.8 Å². The van der Waals surface area contributed by atoms with Gasteiger partial charge in [-0.25, -0.2) is 0 Å². The van der Waals surface area contributed by atoms with Gasteiger partial charge in [-0.2, -0.15) is 0 Å². The van der Waals surface area contributed by atoms with Gasteiger partial charge in [0.15, 0.2) is 23.0 Å². The van der Waals surface area contributed by atoms with Gasteiger partial charge in [0.25, 0.3) is 5.91 Å². The van der Waals surface area contributed by atoms with Crippen LogP contribution in [0.5, 0.6) is 11.5 Å². The fourth-order valence-corrected chi connectivity index (χ4v) is 5.15. The molecular weight excluding hydrogens is 426 g/mol. The molecule has 1 fully saturated rings. The molecule has 168 valence electrons. The Morgan fingerprint density at radius 3 is 2.66 bits per heavy atom. The monoisotopic (exact) mass is 453 g/mol. The molecule has 2 aliphatic heterocycles. The largest absolute Gasteiger partial charge is 0.486 e. The van der Waals surface area contributed by atoms with Crippen LogP contribution in [0.15, 0.2) is 46.3 Å². The summed E-state index contributed by atoms with van der Waals surface area (Å²) in [7, 11) is 0. The van der Waals surface area contributed by atoms with E-state index in [1.807, 2.05) is 18.2 Å². The van der Waals surface area contributed by atoms with Crippen molar-refractivity contribution in [2.75, 3.05) is 32.8 Å². The third kappa shape index (κ3) is 4.66. The van der Waals surface area contributed by atoms with Crippen LogP contribution in [-0.2, 0) is 0 Å². The van der Waals surface area contributed by atoms with Crippen molar-refractivity contribution < 1.29 is 18.8 Å². The van der Waals surface area contributed by atoms with Crippen molar-refractivity contribution in [3.63, 3.8) is 0 Å². The molecule has 7 nitrogen and oxygen atoms in total. The molecule has 2 aliphatic rings. The summed E-state index contributed by atoms with van der Waals surface area (Å²) in [5, 5.41) is 9.18. The summed E-state index contributed by atoms with van der Waals surface area (Å²) in [4.78, 5) is 16.6. The molecule has 2 aromatic heterocycles. The van der Waals surface area contributed by atoms with Crippen LogP contribution >= 0.6 is 11.3 Å². The number of carbonyl (C=O) groups excluding carboxylic acids is 1. The molecule has 1 N–H and O–H groups in total. The molecule has 0 saturated carbocycles. The van der Waals surface area contributed by atoms with E-state index in [1.54, 1.807) is 17.4 Å². The summed E-state index contributed by atoms with van der Waals surface area (Å²) in [6, 6.07) is 11.7. The van der Waals surface area contributed by atoms with Gasteiger partial charge in [-0.05, 0) is 55.6 Å². The van der Waals surface area contributed by atoms with Crippen LogP contribution in [0.2, 0.25) is 0 Å². The first-order valence-corrected chi connectivity index (χ1v) is 12.1. The number of thiophene rings is 1. The van der Waals surface area contributed by atoms with Crippen LogP contribution in [0, 0.1) is 0 Å². The zero-order valence-corrected chi connectivity index (χ0v) is 18.7. The lowest BCUT2D eigenvalue weighted by molar-refractivity contribution is 0.0925. The zero-order chi connectivity index (χ0) is 21.8. The van der Waals surface area contributed by atoms with Crippen LogP contribution in [0.1, 0.15) is 47.1 Å². The van der Waals surface area contributed by atoms with E-state index < -0.39 is 0 Å². The number of amides is 1. The molecule has 3 aromatic rings. The summed E-state index contributed by atoms with van der Waals surface area (Å²) in [5.41, 5.74) is 1.07. The topological polar surface area (TPSA) is 76.8 Å². The fourth-order valence-electron chi connectivity index (χ4n) is 4.29. The number of likely N-dealkylation sites (tertiary alicyclic amines) is 1. The number of carbonyl (C=O) groups is 1. The van der Waals surface area contributed by atoms with Gasteiger partial charge in [-0.15, -0.1) is 11.3 Å². The highest BCUT2D eigenvalue weighted by molar-refractivity contribution is 7.10. The van der Waals surface area contributed by atoms with E-state index >= 15 is 0 Å². The van der Waals surface area contributed by atoms with Crippen molar-refractivity contribution >= 4 is 17.2 Å². The van der Waals surface area contributed by atoms with Crippen molar-refractivity contribution in [1.29, 1.82) is 0 Å². The number of hydrogen-bond donors (Lipinski definition) is 1. The summed E-state index contributed by atoms with van der Waals surface area (Å²) < 4.78 is 16.7. The predicted molar refractivity (Wildman–Crippen MR) is 122 cm³/mol. The van der Waals surface area contributed by atoms with Gasteiger partial charge in [0, 0.05) is 23.1 Å². The highest BCUT2D eigenvalue weighted by Crippen LogP contribution is 2.34. The number of nitrogens with one attached hydrogen (secondary N) is 1. The predicted octanol–water partition coefficient (Wildman–Crippen LogP) is 4.52. The molecule has 0 aliphatic carbocycles. The molecule has 32 heavy (non-hydrogen) atoms. The van der Waals surface area contributed by atoms with E-state index in [2.05, 4.69) is 32.9 Å². The second-order valence-corrected chi connectivity index (χ2v) is 9.11. The van der Waals surface area contributed by atoms with Crippen molar-refractivity contribution in [2.45, 2.75) is 31.7 Å². The molecule has 4 heterocycles. The van der Waals surface area contributed by atoms with Crippen LogP contribution in [0.4, 0.5) is 0 Å². The van der Waals surface area contributed by atoms with E-state index in [1.165, 1.54) is 30.6 Å². The molecule has 0 spiro atoms. The lowest BCUT2D eigenvalue weighted by Crippen LogP contribution is -2.38. The maximum Gasteiger partial charge on any atom is 0.273 e. The lowest BCUT2D eigenvalue weighted by atomic mass is 10.1. The van der Waals surface area contributed by atoms with Gasteiger partial charge in [-0.1, -0.05) is 24.1 Å². The quantitative estimate of drug-likeness (QED) is 0.591. The van der Waals surface area contributed by atoms with Crippen LogP contribution in [0.25, 0.3) is 11.3 Å². The molecule has 8 heteroatoms. The maximum atomic E-state index is 12.9. The summed E-state index contributed by atoms with van der Waals surface area (Å²) >= 11 is 1.74. The number of nitrogens with zero attached hydrogens (tertiary/aromatic N) is 2. The molecule has 1 atom stereocenters. The van der Waals surface area contributed by atoms with E-state index in [4.69, 9.17) is 14.0 Å². The van der Waals surface area contributed by atoms with Crippen molar-refractivity contribution in [2.24, 2.45) is 0 Å². The van der Waals surface area contributed by atoms with E-state index in [0.717, 1.165) is 18.7 Å². The van der Waals surface area contributed by atoms with Crippen LogP contribution in [-0.4, -0.2) is 48.8 Å². The molecule has 1 unspecified atom stereocenters. The minimum Gasteiger partial charge on any atom is -0.486 e. The van der Waals surface area contributed by atoms with E-state index in [9.17, 15) is 4.79 Å². The summed E-state index contributed by atoms with van der Waals surface area (Å²) in [6.45, 7) is 3.74. The Morgan fingerprint density at radius 1 is 1.06 bits per heavy atom. The lowest BCUT2D eigenvalue weighted by Gasteiger charge is -2.30. The minimum absolute atomic E-state index is 0.182. The van der Waals surface area contributed by atoms with Crippen LogP contribution < -0.4 is 14.8 Å². The Bertz CT molecular complexity index is 1040. The molecular formula is C24H27N3O4S. The van der Waals surface area contributed by atoms with Gasteiger partial charge in [0.05, 0.1) is 6.04 Å². The summed E-state index contributed by atoms with van der Waals surface area (Å²) in [6.07, 6.45) is 4.97. The normalized spacial score (nSPS) is 17.5. The van der Waals surface area contributed by atoms with Crippen molar-refractivity contribution in [3.05, 3.63) is 52.3 Å². The second-order valence-electron chi connectivity index (χ2n) is 8.13. The number of ether oxygens (including phenoxy) is 2. The number of aromatic nitrogens is 1. The first kappa shape index (κ1) is 21.0. The maximum absolute atomic E-state index is 12.9. The second kappa shape index (κ2) is 9.75. The first-order valence-electron chi connectivity index (χ1n) is 11.2. The highest BCUT2D eigenvalue weighted by atomic mass is 32.1. The van der Waals surface area contributed by atoms with Gasteiger partial charge in [0.1, 0.15) is 13.2 Å². The zero-order valence-electron chi connectivity index (χ0n) is 17.9. The number of fused-ring (bicyclic) bond motifs is 1. The van der Waals surface area contributed by atoms with Gasteiger partial charge >= 0.3 is 0 Å². The molecule has 1 aromatic carbocycles. The molecule has 1 saturated heterocycles. The Hall–Kier alpha value is -2.84. The molecule has 0 bridgehead atoms. The smallest absolute Gasteiger partial charge is 0.273 e. The first-order chi connectivity index (χ1) is 15.8. The third-order valence-electron chi connectivity index (χ3n) is 5.98. The fraction of sp³-hybridized carbons (Fsp3) is 0.417. The Kier molecular flexibility index (Phi) is 6.41. The average Bonchev–Trinajstić information content (AvgIpc) is 3.47. The minimum atomic E-state index is -0.228. The standard InChI is InChI=1S/C24H27N3O4S/c28-24(25-16-19(23-6-5-13-32-23)27-9-3-1-2-4-10-27)18-15-21(31-26-18)17-7-8-20-22(14-17)30-12-11-29-20/h5-8,13-15,19H,1-4,9-12,16H2,(H,25,28). The Morgan fingerprint density at radius 2 is 1.88 bits per heavy atom. The number of hydrogen-bond acceptors (Lipinski definition) is 7. The molecule has 0 radical (unpaired) electrons. The van der Waals surface area contributed by atoms with Crippen LogP contribution in [0.3, 0.4) is 0 Å². The van der Waals surface area contributed by atoms with Gasteiger partial charge in [0.2, 0.25) is 0 Å². The van der Waals surface area contributed by atoms with E-state index in [0.29, 0.717) is 37.0 Å². The number of benzene rings is 1. The van der Waals surface area contributed by atoms with Crippen molar-refractivity contribution in [1.82, 2.24) is 15.4 Å². The molecule has 1 amide bonds. The Balaban J connectivity index is 1.27. The van der Waals surface area contributed by atoms with Gasteiger partial charge in [-0.3, -0.25) is 9.69 Å².